The Bertz CT molecular complexity index is 1070. The molecule has 5 atom stereocenters. The molecule has 2 aliphatic heterocycles. The third-order valence-corrected chi connectivity index (χ3v) is 5.70. The molecule has 0 saturated carbocycles. The lowest BCUT2D eigenvalue weighted by Crippen LogP contribution is -2.51. The Morgan fingerprint density at radius 1 is 1.37 bits per heavy atom. The number of nitrogens with two attached hydrogens (primary N) is 1. The van der Waals surface area contributed by atoms with Gasteiger partial charge in [-0.3, -0.25) is 9.69 Å². The van der Waals surface area contributed by atoms with Gasteiger partial charge in [0.1, 0.15) is 12.1 Å². The zero-order chi connectivity index (χ0) is 29.1. The lowest BCUT2D eigenvalue weighted by Gasteiger charge is -2.47. The number of esters is 1. The summed E-state index contributed by atoms with van der Waals surface area (Å²) in [5, 5.41) is 0. The number of carbonyl (C=O) groups excluding carboxylic acids is 1. The quantitative estimate of drug-likeness (QED) is 0.672. The maximum Gasteiger partial charge on any atom is 0.323 e. The van der Waals surface area contributed by atoms with Crippen LogP contribution in [0.1, 0.15) is 68.5 Å². The van der Waals surface area contributed by atoms with E-state index in [2.05, 4.69) is 0 Å². The highest BCUT2D eigenvalue weighted by Gasteiger charge is 2.41. The molecule has 2 heterocycles. The number of methoxy groups -OCH3 is 2. The summed E-state index contributed by atoms with van der Waals surface area (Å²) in [7, 11) is 2.96. The van der Waals surface area contributed by atoms with Crippen LogP contribution in [0.5, 0.6) is 11.5 Å². The van der Waals surface area contributed by atoms with Gasteiger partial charge in [0, 0.05) is 39.7 Å². The van der Waals surface area contributed by atoms with Crippen LogP contribution in [0.3, 0.4) is 0 Å². The molecule has 2 N–H and O–H groups in total. The van der Waals surface area contributed by atoms with E-state index in [0.717, 1.165) is 12.5 Å². The number of rotatable bonds is 7. The number of hydrogen-bond donors (Lipinski definition) is 1. The lowest BCUT2D eigenvalue weighted by atomic mass is 9.79. The van der Waals surface area contributed by atoms with Gasteiger partial charge in [0.15, 0.2) is 11.5 Å². The predicted molar refractivity (Wildman–Crippen MR) is 118 cm³/mol. The molecule has 4 unspecified atom stereocenters. The largest absolute Gasteiger partial charge is 0.493 e. The Labute approximate surface area is 192 Å². The second-order valence-electron chi connectivity index (χ2n) is 8.16. The first-order chi connectivity index (χ1) is 17.3. The van der Waals surface area contributed by atoms with Crippen molar-refractivity contribution in [3.63, 3.8) is 0 Å². The van der Waals surface area contributed by atoms with Crippen molar-refractivity contribution in [3.05, 3.63) is 23.3 Å². The van der Waals surface area contributed by atoms with Crippen LogP contribution in [0.4, 0.5) is 0 Å². The van der Waals surface area contributed by atoms with E-state index >= 15 is 0 Å². The first-order valence-electron chi connectivity index (χ1n) is 14.3. The summed E-state index contributed by atoms with van der Waals surface area (Å²) in [5.41, 5.74) is 7.26. The maximum absolute atomic E-state index is 13.0. The fraction of sp³-hybridized carbons (Fsp3) is 0.708. The van der Waals surface area contributed by atoms with Crippen molar-refractivity contribution in [1.29, 1.82) is 0 Å². The van der Waals surface area contributed by atoms with E-state index in [1.807, 2.05) is 0 Å². The smallest absolute Gasteiger partial charge is 0.323 e. The number of nitrogens with zero attached hydrogens (tertiary/aromatic N) is 1. The number of carbonyl (C=O) groups is 1. The maximum atomic E-state index is 13.0. The van der Waals surface area contributed by atoms with Crippen molar-refractivity contribution >= 4 is 5.97 Å². The van der Waals surface area contributed by atoms with Crippen molar-refractivity contribution in [1.82, 2.24) is 4.90 Å². The minimum atomic E-state index is -3.04. The van der Waals surface area contributed by atoms with Crippen LogP contribution in [-0.4, -0.2) is 50.3 Å². The van der Waals surface area contributed by atoms with Crippen LogP contribution in [0.2, 0.25) is 0 Å². The van der Waals surface area contributed by atoms with Crippen molar-refractivity contribution in [2.24, 2.45) is 23.5 Å². The van der Waals surface area contributed by atoms with Gasteiger partial charge in [-0.25, -0.2) is 0 Å². The number of piperidine rings is 1. The average molecular weight is 427 g/mol. The van der Waals surface area contributed by atoms with Gasteiger partial charge in [-0.05, 0) is 47.9 Å². The van der Waals surface area contributed by atoms with Crippen LogP contribution in [0.25, 0.3) is 0 Å². The van der Waals surface area contributed by atoms with Crippen molar-refractivity contribution in [3.8, 4) is 11.5 Å². The Kier molecular flexibility index (Phi) is 4.56. The molecule has 0 radical (unpaired) electrons. The molecule has 1 aromatic carbocycles. The average Bonchev–Trinajstić information content (AvgIpc) is 2.80. The zero-order valence-corrected chi connectivity index (χ0v) is 18.4. The van der Waals surface area contributed by atoms with E-state index in [0.29, 0.717) is 30.0 Å². The van der Waals surface area contributed by atoms with Gasteiger partial charge in [0.25, 0.3) is 0 Å². The fourth-order valence-corrected chi connectivity index (χ4v) is 3.94. The number of benzene rings is 1. The Balaban J connectivity index is 2.18. The summed E-state index contributed by atoms with van der Waals surface area (Å²) in [4.78, 5) is 14.7. The molecule has 0 aromatic heterocycles. The van der Waals surface area contributed by atoms with E-state index in [1.54, 1.807) is 30.9 Å². The topological polar surface area (TPSA) is 74.0 Å². The highest BCUT2D eigenvalue weighted by Crippen LogP contribution is 2.44. The first-order valence-corrected chi connectivity index (χ1v) is 10.3. The molecule has 6 nitrogen and oxygen atoms in total. The van der Waals surface area contributed by atoms with Gasteiger partial charge in [0.05, 0.1) is 17.0 Å². The van der Waals surface area contributed by atoms with Gasteiger partial charge in [-0.2, -0.15) is 0 Å². The highest BCUT2D eigenvalue weighted by molar-refractivity contribution is 5.76. The molecule has 2 aliphatic rings. The Morgan fingerprint density at radius 2 is 2.07 bits per heavy atom. The standard InChI is InChI=1S/C24H38N2O4/c1-14(2)9-17-13-26-8-7-16-10-21(28-5)22(29-6)11-18(16)19(26)12-20(17)30-24(27)23(25)15(3)4/h10-11,14-15,17,19-20,23H,7-9,12-13,25H2,1-6H3/t17?,19?,20?,23-/m0/s1/i1D3,9D2,14D,19D,20D/t14?,17?,19?,20?,23-. The van der Waals surface area contributed by atoms with Gasteiger partial charge in [0.2, 0.25) is 0 Å². The van der Waals surface area contributed by atoms with Crippen molar-refractivity contribution < 1.29 is 30.0 Å². The Hall–Kier alpha value is -1.79. The van der Waals surface area contributed by atoms with Crippen LogP contribution in [-0.2, 0) is 16.0 Å². The zero-order valence-electron chi connectivity index (χ0n) is 26.4. The molecule has 0 aliphatic carbocycles. The first kappa shape index (κ1) is 14.3. The molecule has 1 aromatic rings. The molecular formula is C24H38N2O4. The molecule has 0 amide bonds. The second-order valence-corrected chi connectivity index (χ2v) is 8.16. The fourth-order valence-electron chi connectivity index (χ4n) is 3.94. The summed E-state index contributed by atoms with van der Waals surface area (Å²) in [6.07, 6.45) is -5.24. The van der Waals surface area contributed by atoms with Crippen LogP contribution >= 0.6 is 0 Å². The number of ether oxygens (including phenoxy) is 3. The molecule has 0 spiro atoms. The molecule has 1 saturated heterocycles. The predicted octanol–water partition coefficient (Wildman–Crippen LogP) is 3.56. The SMILES string of the molecule is [2H]C1(OC(=O)[C@@H](N)C(C)C)CC2([2H])c3cc(OC)c(OC)cc3CCN2CC1C([2H])([2H])C([2H])(C)C([2H])([2H])[2H]. The van der Waals surface area contributed by atoms with Gasteiger partial charge >= 0.3 is 5.97 Å². The summed E-state index contributed by atoms with van der Waals surface area (Å²) in [6, 6.07) is 0.648. The van der Waals surface area contributed by atoms with E-state index in [-0.39, 0.29) is 12.5 Å². The lowest BCUT2D eigenvalue weighted by molar-refractivity contribution is -0.160. The molecule has 0 bridgehead atoms. The van der Waals surface area contributed by atoms with E-state index in [1.165, 1.54) is 14.2 Å². The minimum Gasteiger partial charge on any atom is -0.493 e. The third-order valence-electron chi connectivity index (χ3n) is 5.70. The number of hydrogen-bond acceptors (Lipinski definition) is 6. The molecule has 1 fully saturated rings. The van der Waals surface area contributed by atoms with Crippen molar-refractivity contribution in [2.45, 2.75) is 65.0 Å². The molecule has 30 heavy (non-hydrogen) atoms. The van der Waals surface area contributed by atoms with Crippen molar-refractivity contribution in [2.75, 3.05) is 27.3 Å². The summed E-state index contributed by atoms with van der Waals surface area (Å²) < 4.78 is 85.1. The van der Waals surface area contributed by atoms with E-state index in [9.17, 15) is 7.54 Å². The van der Waals surface area contributed by atoms with Crippen LogP contribution in [0.15, 0.2) is 12.1 Å². The van der Waals surface area contributed by atoms with E-state index in [4.69, 9.17) is 28.2 Å². The number of fused-ring (bicyclic) bond motifs is 3. The molecule has 6 heteroatoms. The van der Waals surface area contributed by atoms with Crippen LogP contribution in [0, 0.1) is 17.7 Å². The molecule has 3 rings (SSSR count). The normalized spacial score (nSPS) is 36.6. The van der Waals surface area contributed by atoms with Gasteiger partial charge in [-0.15, -0.1) is 0 Å². The summed E-state index contributed by atoms with van der Waals surface area (Å²) >= 11 is 0. The minimum absolute atomic E-state index is 0.289. The van der Waals surface area contributed by atoms with E-state index < -0.39 is 55.6 Å². The monoisotopic (exact) mass is 426 g/mol. The summed E-state index contributed by atoms with van der Waals surface area (Å²) in [5.74, 6) is -4.66. The molecule has 168 valence electrons. The third kappa shape index (κ3) is 4.75. The van der Waals surface area contributed by atoms with Gasteiger partial charge in [-0.1, -0.05) is 27.6 Å². The highest BCUT2D eigenvalue weighted by atomic mass is 16.5. The Morgan fingerprint density at radius 3 is 2.70 bits per heavy atom. The summed E-state index contributed by atoms with van der Waals surface area (Å²) in [6.45, 7) is 1.33. The van der Waals surface area contributed by atoms with Gasteiger partial charge < -0.3 is 19.9 Å². The van der Waals surface area contributed by atoms with Crippen LogP contribution < -0.4 is 15.2 Å². The molecular weight excluding hydrogens is 380 g/mol. The second kappa shape index (κ2) is 9.56.